The minimum absolute atomic E-state index is 0.150. The third-order valence-corrected chi connectivity index (χ3v) is 2.94. The molecule has 100 valence electrons. The molecule has 1 atom stereocenters. The second-order valence-corrected chi connectivity index (χ2v) is 4.93. The van der Waals surface area contributed by atoms with Crippen LogP contribution in [0.5, 0.6) is 5.88 Å². The van der Waals surface area contributed by atoms with Gasteiger partial charge in [-0.15, -0.1) is 0 Å². The van der Waals surface area contributed by atoms with E-state index in [1.807, 2.05) is 19.9 Å². The van der Waals surface area contributed by atoms with Gasteiger partial charge in [0.2, 0.25) is 5.88 Å². The molecule has 1 aromatic rings. The van der Waals surface area contributed by atoms with Crippen LogP contribution in [0.15, 0.2) is 18.3 Å². The van der Waals surface area contributed by atoms with E-state index in [4.69, 9.17) is 9.47 Å². The van der Waals surface area contributed by atoms with Crippen LogP contribution in [0.1, 0.15) is 32.3 Å². The lowest BCUT2D eigenvalue weighted by Crippen LogP contribution is -2.36. The number of nitrogens with one attached hydrogen (secondary N) is 1. The molecule has 0 radical (unpaired) electrons. The molecule has 18 heavy (non-hydrogen) atoms. The van der Waals surface area contributed by atoms with Crippen LogP contribution in [0.3, 0.4) is 0 Å². The predicted molar refractivity (Wildman–Crippen MR) is 70.7 cm³/mol. The lowest BCUT2D eigenvalue weighted by molar-refractivity contribution is 0.0698. The number of rotatable bonds is 5. The highest BCUT2D eigenvalue weighted by Crippen LogP contribution is 2.16. The molecule has 0 amide bonds. The van der Waals surface area contributed by atoms with Gasteiger partial charge in [0.1, 0.15) is 0 Å². The number of ether oxygens (including phenoxy) is 2. The Labute approximate surface area is 109 Å². The average Bonchev–Trinajstić information content (AvgIpc) is 2.38. The van der Waals surface area contributed by atoms with Crippen molar-refractivity contribution in [2.24, 2.45) is 0 Å². The Bertz CT molecular complexity index is 363. The zero-order valence-electron chi connectivity index (χ0n) is 11.2. The van der Waals surface area contributed by atoms with Crippen LogP contribution in [-0.4, -0.2) is 30.3 Å². The van der Waals surface area contributed by atoms with Gasteiger partial charge in [-0.25, -0.2) is 4.98 Å². The Balaban J connectivity index is 1.91. The van der Waals surface area contributed by atoms with Crippen molar-refractivity contribution in [2.45, 2.75) is 45.4 Å². The van der Waals surface area contributed by atoms with E-state index in [-0.39, 0.29) is 6.10 Å². The summed E-state index contributed by atoms with van der Waals surface area (Å²) in [5.41, 5.74) is 1.11. The second kappa shape index (κ2) is 6.71. The molecule has 1 saturated heterocycles. The molecule has 2 rings (SSSR count). The maximum absolute atomic E-state index is 5.70. The Hall–Kier alpha value is -1.13. The van der Waals surface area contributed by atoms with Gasteiger partial charge in [0, 0.05) is 31.0 Å². The predicted octanol–water partition coefficient (Wildman–Crippen LogP) is 2.14. The van der Waals surface area contributed by atoms with E-state index in [2.05, 4.69) is 16.4 Å². The van der Waals surface area contributed by atoms with Gasteiger partial charge in [-0.2, -0.15) is 0 Å². The highest BCUT2D eigenvalue weighted by molar-refractivity contribution is 5.25. The number of hydrogen-bond acceptors (Lipinski definition) is 4. The largest absolute Gasteiger partial charge is 0.475 e. The van der Waals surface area contributed by atoms with Crippen molar-refractivity contribution in [3.05, 3.63) is 23.9 Å². The van der Waals surface area contributed by atoms with Crippen LogP contribution in [0.2, 0.25) is 0 Å². The standard InChI is InChI=1S/C14H22N2O2/c1-11(2)18-14-12(5-3-7-15-14)9-16-13-6-4-8-17-10-13/h3,5,7,11,13,16H,4,6,8-10H2,1-2H3. The first kappa shape index (κ1) is 13.3. The fourth-order valence-corrected chi connectivity index (χ4v) is 2.04. The molecular formula is C14H22N2O2. The molecule has 4 nitrogen and oxygen atoms in total. The normalized spacial score (nSPS) is 20.1. The van der Waals surface area contributed by atoms with Crippen molar-refractivity contribution >= 4 is 0 Å². The maximum atomic E-state index is 5.70. The summed E-state index contributed by atoms with van der Waals surface area (Å²) in [6.07, 6.45) is 4.24. The van der Waals surface area contributed by atoms with E-state index in [1.54, 1.807) is 6.20 Å². The molecule has 4 heteroatoms. The third-order valence-electron chi connectivity index (χ3n) is 2.94. The molecule has 1 aliphatic rings. The summed E-state index contributed by atoms with van der Waals surface area (Å²) in [6, 6.07) is 4.45. The molecule has 1 N–H and O–H groups in total. The van der Waals surface area contributed by atoms with Gasteiger partial charge in [-0.1, -0.05) is 6.07 Å². The van der Waals surface area contributed by atoms with Crippen LogP contribution >= 0.6 is 0 Å². The van der Waals surface area contributed by atoms with Gasteiger partial charge in [-0.05, 0) is 32.8 Å². The van der Waals surface area contributed by atoms with E-state index in [9.17, 15) is 0 Å². The summed E-state index contributed by atoms with van der Waals surface area (Å²) in [7, 11) is 0. The molecule has 0 spiro atoms. The number of pyridine rings is 1. The summed E-state index contributed by atoms with van der Waals surface area (Å²) in [4.78, 5) is 4.29. The van der Waals surface area contributed by atoms with Crippen LogP contribution in [-0.2, 0) is 11.3 Å². The third kappa shape index (κ3) is 3.96. The second-order valence-electron chi connectivity index (χ2n) is 4.93. The van der Waals surface area contributed by atoms with Gasteiger partial charge in [0.05, 0.1) is 12.7 Å². The smallest absolute Gasteiger partial charge is 0.218 e. The molecule has 1 aromatic heterocycles. The molecule has 0 bridgehead atoms. The Kier molecular flexibility index (Phi) is 4.96. The summed E-state index contributed by atoms with van der Waals surface area (Å²) in [5, 5.41) is 3.51. The molecule has 0 saturated carbocycles. The van der Waals surface area contributed by atoms with Crippen LogP contribution in [0, 0.1) is 0 Å². The Morgan fingerprint density at radius 3 is 3.17 bits per heavy atom. The molecule has 0 aliphatic carbocycles. The average molecular weight is 250 g/mol. The zero-order chi connectivity index (χ0) is 12.8. The van der Waals surface area contributed by atoms with E-state index in [1.165, 1.54) is 6.42 Å². The number of hydrogen-bond donors (Lipinski definition) is 1. The van der Waals surface area contributed by atoms with Gasteiger partial charge in [0.25, 0.3) is 0 Å². The number of aromatic nitrogens is 1. The zero-order valence-corrected chi connectivity index (χ0v) is 11.2. The topological polar surface area (TPSA) is 43.4 Å². The van der Waals surface area contributed by atoms with E-state index in [0.717, 1.165) is 37.6 Å². The molecule has 1 aliphatic heterocycles. The first-order valence-corrected chi connectivity index (χ1v) is 6.67. The quantitative estimate of drug-likeness (QED) is 0.869. The van der Waals surface area contributed by atoms with Crippen molar-refractivity contribution in [1.82, 2.24) is 10.3 Å². The first-order valence-electron chi connectivity index (χ1n) is 6.67. The lowest BCUT2D eigenvalue weighted by Gasteiger charge is -2.23. The van der Waals surface area contributed by atoms with Crippen LogP contribution < -0.4 is 10.1 Å². The van der Waals surface area contributed by atoms with E-state index >= 15 is 0 Å². The van der Waals surface area contributed by atoms with Crippen molar-refractivity contribution in [3.63, 3.8) is 0 Å². The van der Waals surface area contributed by atoms with Gasteiger partial charge >= 0.3 is 0 Å². The molecule has 1 unspecified atom stereocenters. The first-order chi connectivity index (χ1) is 8.75. The van der Waals surface area contributed by atoms with Crippen molar-refractivity contribution in [3.8, 4) is 5.88 Å². The summed E-state index contributed by atoms with van der Waals surface area (Å²) >= 11 is 0. The number of nitrogens with zero attached hydrogens (tertiary/aromatic N) is 1. The highest BCUT2D eigenvalue weighted by atomic mass is 16.5. The lowest BCUT2D eigenvalue weighted by atomic mass is 10.1. The molecule has 1 fully saturated rings. The summed E-state index contributed by atoms with van der Waals surface area (Å²) < 4.78 is 11.2. The summed E-state index contributed by atoms with van der Waals surface area (Å²) in [6.45, 7) is 6.51. The van der Waals surface area contributed by atoms with E-state index < -0.39 is 0 Å². The minimum atomic E-state index is 0.150. The van der Waals surface area contributed by atoms with Crippen molar-refractivity contribution in [1.29, 1.82) is 0 Å². The maximum Gasteiger partial charge on any atom is 0.218 e. The summed E-state index contributed by atoms with van der Waals surface area (Å²) in [5.74, 6) is 0.733. The van der Waals surface area contributed by atoms with Gasteiger partial charge in [0.15, 0.2) is 0 Å². The Morgan fingerprint density at radius 1 is 1.56 bits per heavy atom. The van der Waals surface area contributed by atoms with E-state index in [0.29, 0.717) is 6.04 Å². The van der Waals surface area contributed by atoms with Crippen molar-refractivity contribution in [2.75, 3.05) is 13.2 Å². The van der Waals surface area contributed by atoms with Crippen LogP contribution in [0.4, 0.5) is 0 Å². The van der Waals surface area contributed by atoms with Gasteiger partial charge in [-0.3, -0.25) is 0 Å². The highest BCUT2D eigenvalue weighted by Gasteiger charge is 2.14. The minimum Gasteiger partial charge on any atom is -0.475 e. The molecule has 2 heterocycles. The fourth-order valence-electron chi connectivity index (χ4n) is 2.04. The molecule has 0 aromatic carbocycles. The van der Waals surface area contributed by atoms with Crippen LogP contribution in [0.25, 0.3) is 0 Å². The SMILES string of the molecule is CC(C)Oc1ncccc1CNC1CCCOC1. The Morgan fingerprint density at radius 2 is 2.44 bits per heavy atom. The monoisotopic (exact) mass is 250 g/mol. The van der Waals surface area contributed by atoms with Gasteiger partial charge < -0.3 is 14.8 Å². The molecular weight excluding hydrogens is 228 g/mol. The fraction of sp³-hybridized carbons (Fsp3) is 0.643. The van der Waals surface area contributed by atoms with Crippen molar-refractivity contribution < 1.29 is 9.47 Å².